The number of halogens is 2. The monoisotopic (exact) mass is 840 g/mol. The van der Waals surface area contributed by atoms with Gasteiger partial charge in [0.2, 0.25) is 39.3 Å². The van der Waals surface area contributed by atoms with Crippen molar-refractivity contribution in [1.29, 1.82) is 0 Å². The van der Waals surface area contributed by atoms with Crippen LogP contribution in [-0.4, -0.2) is 83.8 Å². The highest BCUT2D eigenvalue weighted by molar-refractivity contribution is 7.90. The minimum absolute atomic E-state index is 0.0454. The molecule has 1 saturated carbocycles. The zero-order chi connectivity index (χ0) is 41.0. The van der Waals surface area contributed by atoms with E-state index in [-0.39, 0.29) is 40.8 Å². The average molecular weight is 841 g/mol. The Morgan fingerprint density at radius 1 is 1.00 bits per heavy atom. The molecule has 4 aliphatic rings. The number of nitrogens with one attached hydrogen (secondary N) is 1. The van der Waals surface area contributed by atoms with Crippen molar-refractivity contribution in [2.45, 2.75) is 69.1 Å². The minimum Gasteiger partial charge on any atom is -0.481 e. The summed E-state index contributed by atoms with van der Waals surface area (Å²) in [4.78, 5) is 29.9. The van der Waals surface area contributed by atoms with Crippen LogP contribution in [0.2, 0.25) is 5.02 Å². The van der Waals surface area contributed by atoms with Gasteiger partial charge in [-0.05, 0) is 91.6 Å². The fraction of sp³-hybridized carbons (Fsp3) is 0.395. The van der Waals surface area contributed by atoms with E-state index in [2.05, 4.69) is 24.4 Å². The van der Waals surface area contributed by atoms with E-state index in [1.54, 1.807) is 43.5 Å². The number of oxazole rings is 1. The number of fused-ring (bicyclic) bond motifs is 2. The molecule has 0 unspecified atom stereocenters. The maximum Gasteiger partial charge on any atom is 0.237 e. The first-order chi connectivity index (χ1) is 28.5. The maximum absolute atomic E-state index is 16.7. The highest BCUT2D eigenvalue weighted by Crippen LogP contribution is 2.44. The molecule has 2 aliphatic carbocycles. The van der Waals surface area contributed by atoms with E-state index in [1.165, 1.54) is 0 Å². The van der Waals surface area contributed by atoms with Gasteiger partial charge in [-0.1, -0.05) is 41.9 Å². The molecule has 306 valence electrons. The third kappa shape index (κ3) is 7.87. The second-order valence-electron chi connectivity index (χ2n) is 15.8. The van der Waals surface area contributed by atoms with E-state index < -0.39 is 32.9 Å². The molecule has 16 heteroatoms. The first-order valence-corrected chi connectivity index (χ1v) is 21.7. The van der Waals surface area contributed by atoms with Crippen LogP contribution in [0.3, 0.4) is 0 Å². The Morgan fingerprint density at radius 2 is 1.76 bits per heavy atom. The number of aliphatic hydroxyl groups is 1. The Hall–Kier alpha value is -5.11. The van der Waals surface area contributed by atoms with E-state index >= 15 is 4.39 Å². The summed E-state index contributed by atoms with van der Waals surface area (Å²) in [6.07, 6.45) is 2.93. The number of rotatable bonds is 12. The number of nitrogens with zero attached hydrogens (tertiary/aromatic N) is 5. The third-order valence-electron chi connectivity index (χ3n) is 11.7. The van der Waals surface area contributed by atoms with Crippen molar-refractivity contribution in [1.82, 2.24) is 24.5 Å². The SMILES string of the molecule is [C-]#[N+]c1cc(CN2CC[C@@H](C(=O)NS(=O)(=O)C3CC3)C2)cc2nc(-c3cccc(-c4cccc5c4CC[C@H]5Oc4nc(OC)c(CN5CC[C@@H](O)C5)cc4Cl)c3F)oc12. The molecule has 4 heterocycles. The Labute approximate surface area is 346 Å². The first kappa shape index (κ1) is 39.4. The smallest absolute Gasteiger partial charge is 0.237 e. The summed E-state index contributed by atoms with van der Waals surface area (Å²) in [6.45, 7) is 11.1. The van der Waals surface area contributed by atoms with Crippen LogP contribution in [0.25, 0.3) is 38.5 Å². The molecule has 3 aromatic carbocycles. The predicted octanol–water partition coefficient (Wildman–Crippen LogP) is 6.97. The number of sulfonamides is 1. The molecule has 2 N–H and O–H groups in total. The lowest BCUT2D eigenvalue weighted by Crippen LogP contribution is -2.38. The summed E-state index contributed by atoms with van der Waals surface area (Å²) in [5, 5.41) is 9.84. The van der Waals surface area contributed by atoms with E-state index in [0.29, 0.717) is 86.8 Å². The van der Waals surface area contributed by atoms with Crippen LogP contribution in [0.5, 0.6) is 11.8 Å². The van der Waals surface area contributed by atoms with Crippen LogP contribution >= 0.6 is 11.6 Å². The molecule has 3 fully saturated rings. The summed E-state index contributed by atoms with van der Waals surface area (Å²) in [7, 11) is -2.07. The van der Waals surface area contributed by atoms with E-state index in [0.717, 1.165) is 40.8 Å². The number of methoxy groups -OCH3 is 1. The number of carbonyl (C=O) groups excluding carboxylic acids is 1. The summed E-state index contributed by atoms with van der Waals surface area (Å²) < 4.78 is 61.7. The number of carbonyl (C=O) groups is 1. The van der Waals surface area contributed by atoms with Crippen molar-refractivity contribution in [3.05, 3.63) is 99.1 Å². The summed E-state index contributed by atoms with van der Waals surface area (Å²) >= 11 is 6.72. The quantitative estimate of drug-likeness (QED) is 0.125. The van der Waals surface area contributed by atoms with Gasteiger partial charge < -0.3 is 19.0 Å². The van der Waals surface area contributed by atoms with Crippen LogP contribution in [0.15, 0.2) is 59.0 Å². The van der Waals surface area contributed by atoms with E-state index in [9.17, 15) is 18.3 Å². The molecule has 0 bridgehead atoms. The zero-order valence-corrected chi connectivity index (χ0v) is 33.9. The van der Waals surface area contributed by atoms with Gasteiger partial charge in [-0.15, -0.1) is 0 Å². The Morgan fingerprint density at radius 3 is 2.53 bits per heavy atom. The predicted molar refractivity (Wildman–Crippen MR) is 218 cm³/mol. The average Bonchev–Trinajstić information content (AvgIpc) is 3.47. The summed E-state index contributed by atoms with van der Waals surface area (Å²) in [5.41, 5.74) is 5.57. The summed E-state index contributed by atoms with van der Waals surface area (Å²) in [5.74, 6) is -0.744. The molecule has 0 spiro atoms. The van der Waals surface area contributed by atoms with Crippen molar-refractivity contribution >= 4 is 44.3 Å². The maximum atomic E-state index is 16.7. The fourth-order valence-electron chi connectivity index (χ4n) is 8.59. The lowest BCUT2D eigenvalue weighted by atomic mass is 9.95. The number of aliphatic hydroxyl groups excluding tert-OH is 1. The molecule has 2 aliphatic heterocycles. The zero-order valence-electron chi connectivity index (χ0n) is 32.3. The molecular formula is C43H42ClFN6O7S. The van der Waals surface area contributed by atoms with Gasteiger partial charge in [0.15, 0.2) is 5.58 Å². The second kappa shape index (κ2) is 15.8. The molecule has 2 aromatic heterocycles. The minimum atomic E-state index is -3.62. The lowest BCUT2D eigenvalue weighted by Gasteiger charge is -2.20. The number of aromatic nitrogens is 2. The molecular weight excluding hydrogens is 799 g/mol. The molecule has 3 atom stereocenters. The number of hydrogen-bond donors (Lipinski definition) is 2. The van der Waals surface area contributed by atoms with E-state index in [1.807, 2.05) is 23.1 Å². The van der Waals surface area contributed by atoms with Gasteiger partial charge in [0, 0.05) is 43.9 Å². The van der Waals surface area contributed by atoms with Gasteiger partial charge in [-0.2, -0.15) is 4.98 Å². The highest BCUT2D eigenvalue weighted by Gasteiger charge is 2.39. The van der Waals surface area contributed by atoms with Crippen LogP contribution < -0.4 is 14.2 Å². The fourth-order valence-corrected chi connectivity index (χ4v) is 10.2. The number of hydrogen-bond acceptors (Lipinski definition) is 11. The topological polar surface area (TPSA) is 152 Å². The number of β-amino-alcohol motifs (C(OH)–C–C–N with tert-alkyl or cyclic N) is 1. The standard InChI is InChI=1S/C43H42ClFN6O7S/c1-46-35-17-24(20-50-15-13-25(21-50)40(53)49-59(54,55)28-9-10-28)18-36-39(35)58-42(47-36)33-8-4-7-32(38(33)45)29-5-3-6-31-30(29)11-12-37(31)57-43-34(44)19-26(41(48-43)56-2)22-51-16-14-27(52)23-51/h3-8,17-19,25,27-28,37,52H,9-16,20-23H2,2H3,(H,49,53)/t25-,27-,37-/m1/s1. The summed E-state index contributed by atoms with van der Waals surface area (Å²) in [6, 6.07) is 16.1. The Balaban J connectivity index is 0.932. The van der Waals surface area contributed by atoms with Gasteiger partial charge >= 0.3 is 0 Å². The van der Waals surface area contributed by atoms with Gasteiger partial charge in [0.1, 0.15) is 16.9 Å². The van der Waals surface area contributed by atoms with Gasteiger partial charge in [0.05, 0.1) is 42.0 Å². The number of ether oxygens (including phenoxy) is 2. The largest absolute Gasteiger partial charge is 0.481 e. The highest BCUT2D eigenvalue weighted by atomic mass is 35.5. The molecule has 1 amide bonds. The van der Waals surface area contributed by atoms with Crippen molar-refractivity contribution in [3.8, 4) is 34.3 Å². The number of likely N-dealkylation sites (tertiary alicyclic amines) is 2. The normalized spacial score (nSPS) is 20.8. The van der Waals surface area contributed by atoms with Gasteiger partial charge in [-0.3, -0.25) is 19.3 Å². The number of amides is 1. The van der Waals surface area contributed by atoms with Gasteiger partial charge in [-0.25, -0.2) is 22.6 Å². The molecule has 13 nitrogen and oxygen atoms in total. The molecule has 9 rings (SSSR count). The van der Waals surface area contributed by atoms with Crippen LogP contribution in [-0.2, 0) is 34.3 Å². The van der Waals surface area contributed by atoms with Crippen molar-refractivity contribution in [3.63, 3.8) is 0 Å². The van der Waals surface area contributed by atoms with Crippen LogP contribution in [0.1, 0.15) is 60.5 Å². The molecule has 5 aromatic rings. The number of pyridine rings is 1. The Bertz CT molecular complexity index is 2630. The van der Waals surface area contributed by atoms with Crippen molar-refractivity contribution in [2.75, 3.05) is 33.3 Å². The first-order valence-electron chi connectivity index (χ1n) is 19.8. The van der Waals surface area contributed by atoms with Crippen LogP contribution in [0.4, 0.5) is 10.1 Å². The van der Waals surface area contributed by atoms with Gasteiger partial charge in [0.25, 0.3) is 0 Å². The Kier molecular flexibility index (Phi) is 10.6. The third-order valence-corrected chi connectivity index (χ3v) is 13.8. The van der Waals surface area contributed by atoms with E-state index in [4.69, 9.17) is 32.1 Å². The van der Waals surface area contributed by atoms with Crippen LogP contribution in [0, 0.1) is 18.3 Å². The molecule has 2 saturated heterocycles. The second-order valence-corrected chi connectivity index (χ2v) is 18.2. The number of benzene rings is 3. The van der Waals surface area contributed by atoms with Crippen molar-refractivity contribution < 1.29 is 36.6 Å². The molecule has 59 heavy (non-hydrogen) atoms. The van der Waals surface area contributed by atoms with Crippen molar-refractivity contribution in [2.24, 2.45) is 5.92 Å². The molecule has 0 radical (unpaired) electrons. The lowest BCUT2D eigenvalue weighted by molar-refractivity contribution is -0.122.